The lowest BCUT2D eigenvalue weighted by atomic mass is 9.48. The Morgan fingerprint density at radius 1 is 1.14 bits per heavy atom. The molecule has 1 heterocycles. The van der Waals surface area contributed by atoms with E-state index in [-0.39, 0.29) is 11.9 Å². The molecule has 1 amide bonds. The van der Waals surface area contributed by atoms with Crippen LogP contribution in [0.4, 0.5) is 0 Å². The Balaban J connectivity index is 1.39. The molecule has 0 spiro atoms. The quantitative estimate of drug-likeness (QED) is 0.794. The molecule has 4 nitrogen and oxygen atoms in total. The van der Waals surface area contributed by atoms with Gasteiger partial charge in [-0.1, -0.05) is 18.2 Å². The summed E-state index contributed by atoms with van der Waals surface area (Å²) < 4.78 is 1.20. The van der Waals surface area contributed by atoms with Gasteiger partial charge in [0, 0.05) is 10.7 Å². The molecule has 2 aromatic rings. The van der Waals surface area contributed by atoms with E-state index in [1.807, 2.05) is 26.0 Å². The Morgan fingerprint density at radius 2 is 1.82 bits per heavy atom. The fourth-order valence-corrected chi connectivity index (χ4v) is 7.57. The monoisotopic (exact) mass is 397 g/mol. The maximum absolute atomic E-state index is 13.4. The maximum atomic E-state index is 13.4. The van der Waals surface area contributed by atoms with Crippen LogP contribution in [0.25, 0.3) is 10.1 Å². The minimum Gasteiger partial charge on any atom is -0.481 e. The highest BCUT2D eigenvalue weighted by atomic mass is 32.1. The molecule has 4 bridgehead atoms. The average molecular weight is 398 g/mol. The molecule has 4 fully saturated rings. The van der Waals surface area contributed by atoms with Crippen molar-refractivity contribution in [3.63, 3.8) is 0 Å². The summed E-state index contributed by atoms with van der Waals surface area (Å²) in [6.45, 7) is 4.01. The molecule has 4 aliphatic rings. The lowest BCUT2D eigenvalue weighted by Gasteiger charge is -2.58. The molecule has 28 heavy (non-hydrogen) atoms. The van der Waals surface area contributed by atoms with Crippen molar-refractivity contribution in [3.8, 4) is 0 Å². The standard InChI is InChI=1S/C23H27NO3S/c1-22(2,17-12-28-18-6-4-3-5-16(17)18)20(25)24-19-14-7-13-8-15(19)11-23(9-13,10-14)21(26)27/h3-6,12-15,19H,7-11H2,1-2H3,(H,24,25)(H,26,27). The van der Waals surface area contributed by atoms with Crippen LogP contribution in [0.3, 0.4) is 0 Å². The number of carboxylic acids is 1. The SMILES string of the molecule is CC(C)(C(=O)NC1C2CC3CC1CC(C(=O)O)(C3)C2)c1csc2ccccc12. The largest absolute Gasteiger partial charge is 0.481 e. The van der Waals surface area contributed by atoms with Crippen molar-refractivity contribution in [2.24, 2.45) is 23.2 Å². The van der Waals surface area contributed by atoms with E-state index in [0.29, 0.717) is 17.8 Å². The Bertz CT molecular complexity index is 946. The van der Waals surface area contributed by atoms with Crippen molar-refractivity contribution < 1.29 is 14.7 Å². The van der Waals surface area contributed by atoms with Gasteiger partial charge in [-0.25, -0.2) is 0 Å². The number of hydrogen-bond donors (Lipinski definition) is 2. The van der Waals surface area contributed by atoms with Gasteiger partial charge >= 0.3 is 5.97 Å². The van der Waals surface area contributed by atoms with E-state index >= 15 is 0 Å². The minimum absolute atomic E-state index is 0.0675. The number of carbonyl (C=O) groups is 2. The molecule has 0 radical (unpaired) electrons. The van der Waals surface area contributed by atoms with Crippen molar-refractivity contribution in [1.29, 1.82) is 0 Å². The Kier molecular flexibility index (Phi) is 3.93. The predicted octanol–water partition coefficient (Wildman–Crippen LogP) is 4.57. The van der Waals surface area contributed by atoms with Crippen molar-refractivity contribution in [2.75, 3.05) is 0 Å². The number of hydrogen-bond acceptors (Lipinski definition) is 3. The van der Waals surface area contributed by atoms with Crippen LogP contribution in [0, 0.1) is 23.2 Å². The van der Waals surface area contributed by atoms with Gasteiger partial charge in [0.1, 0.15) is 0 Å². The van der Waals surface area contributed by atoms with E-state index in [4.69, 9.17) is 0 Å². The molecule has 0 saturated heterocycles. The summed E-state index contributed by atoms with van der Waals surface area (Å²) in [7, 11) is 0. The smallest absolute Gasteiger partial charge is 0.309 e. The first-order valence-corrected chi connectivity index (χ1v) is 11.2. The van der Waals surface area contributed by atoms with Gasteiger partial charge in [0.25, 0.3) is 0 Å². The number of amides is 1. The number of carboxylic acid groups (broad SMARTS) is 1. The summed E-state index contributed by atoms with van der Waals surface area (Å²) in [6.07, 6.45) is 4.42. The number of benzene rings is 1. The summed E-state index contributed by atoms with van der Waals surface area (Å²) >= 11 is 1.68. The van der Waals surface area contributed by atoms with Crippen molar-refractivity contribution in [1.82, 2.24) is 5.32 Å². The van der Waals surface area contributed by atoms with E-state index in [1.165, 1.54) is 4.70 Å². The van der Waals surface area contributed by atoms with Gasteiger partial charge in [0.05, 0.1) is 10.8 Å². The highest BCUT2D eigenvalue weighted by Gasteiger charge is 2.59. The molecule has 4 saturated carbocycles. The molecular formula is C23H27NO3S. The summed E-state index contributed by atoms with van der Waals surface area (Å²) in [4.78, 5) is 25.3. The van der Waals surface area contributed by atoms with E-state index < -0.39 is 16.8 Å². The number of carbonyl (C=O) groups excluding carboxylic acids is 1. The van der Waals surface area contributed by atoms with E-state index in [9.17, 15) is 14.7 Å². The van der Waals surface area contributed by atoms with Crippen LogP contribution in [0.2, 0.25) is 0 Å². The molecule has 1 aromatic heterocycles. The van der Waals surface area contributed by atoms with E-state index in [1.54, 1.807) is 11.3 Å². The van der Waals surface area contributed by atoms with Gasteiger partial charge < -0.3 is 10.4 Å². The second-order valence-electron chi connectivity index (χ2n) is 9.83. The van der Waals surface area contributed by atoms with Gasteiger partial charge in [0.15, 0.2) is 0 Å². The Hall–Kier alpha value is -1.88. The minimum atomic E-state index is -0.623. The molecule has 5 heteroatoms. The van der Waals surface area contributed by atoms with Crippen LogP contribution < -0.4 is 5.32 Å². The number of aliphatic carboxylic acids is 1. The number of thiophene rings is 1. The maximum Gasteiger partial charge on any atom is 0.309 e. The fraction of sp³-hybridized carbons (Fsp3) is 0.565. The van der Waals surface area contributed by atoms with Crippen LogP contribution in [-0.4, -0.2) is 23.0 Å². The number of nitrogens with one attached hydrogen (secondary N) is 1. The first kappa shape index (κ1) is 18.2. The zero-order chi connectivity index (χ0) is 19.7. The molecule has 148 valence electrons. The number of fused-ring (bicyclic) bond motifs is 1. The lowest BCUT2D eigenvalue weighted by Crippen LogP contribution is -2.62. The molecule has 4 aliphatic carbocycles. The predicted molar refractivity (Wildman–Crippen MR) is 110 cm³/mol. The molecule has 2 unspecified atom stereocenters. The second-order valence-corrected chi connectivity index (χ2v) is 10.7. The van der Waals surface area contributed by atoms with Gasteiger partial charge in [-0.3, -0.25) is 9.59 Å². The third-order valence-electron chi connectivity index (χ3n) is 7.75. The second kappa shape index (κ2) is 6.06. The average Bonchev–Trinajstić information content (AvgIpc) is 3.08. The molecule has 2 N–H and O–H groups in total. The molecule has 2 atom stereocenters. The zero-order valence-electron chi connectivity index (χ0n) is 16.4. The fourth-order valence-electron chi connectivity index (χ4n) is 6.44. The van der Waals surface area contributed by atoms with Crippen LogP contribution in [0.5, 0.6) is 0 Å². The zero-order valence-corrected chi connectivity index (χ0v) is 17.2. The molecular weight excluding hydrogens is 370 g/mol. The highest BCUT2D eigenvalue weighted by Crippen LogP contribution is 2.60. The van der Waals surface area contributed by atoms with Gasteiger partial charge in [0.2, 0.25) is 5.91 Å². The molecule has 0 aliphatic heterocycles. The molecule has 6 rings (SSSR count). The third-order valence-corrected chi connectivity index (χ3v) is 8.71. The van der Waals surface area contributed by atoms with Crippen LogP contribution in [0.15, 0.2) is 29.6 Å². The first-order chi connectivity index (χ1) is 13.3. The Morgan fingerprint density at radius 3 is 2.50 bits per heavy atom. The topological polar surface area (TPSA) is 66.4 Å². The van der Waals surface area contributed by atoms with Crippen molar-refractivity contribution >= 4 is 33.3 Å². The summed E-state index contributed by atoms with van der Waals surface area (Å²) in [5.41, 5.74) is -0.0633. The van der Waals surface area contributed by atoms with Crippen LogP contribution in [-0.2, 0) is 15.0 Å². The van der Waals surface area contributed by atoms with Gasteiger partial charge in [-0.2, -0.15) is 0 Å². The van der Waals surface area contributed by atoms with Gasteiger partial charge in [-0.15, -0.1) is 11.3 Å². The summed E-state index contributed by atoms with van der Waals surface area (Å²) in [5.74, 6) is 0.581. The lowest BCUT2D eigenvalue weighted by molar-refractivity contribution is -0.168. The molecule has 1 aromatic carbocycles. The number of rotatable bonds is 4. The van der Waals surface area contributed by atoms with Crippen LogP contribution in [0.1, 0.15) is 51.5 Å². The van der Waals surface area contributed by atoms with Crippen LogP contribution >= 0.6 is 11.3 Å². The van der Waals surface area contributed by atoms with E-state index in [2.05, 4.69) is 22.8 Å². The summed E-state index contributed by atoms with van der Waals surface area (Å²) in [6, 6.07) is 8.37. The third kappa shape index (κ3) is 2.55. The van der Waals surface area contributed by atoms with Gasteiger partial charge in [-0.05, 0) is 86.1 Å². The first-order valence-electron chi connectivity index (χ1n) is 10.3. The summed E-state index contributed by atoms with van der Waals surface area (Å²) in [5, 5.41) is 16.5. The van der Waals surface area contributed by atoms with Crippen molar-refractivity contribution in [3.05, 3.63) is 35.2 Å². The van der Waals surface area contributed by atoms with E-state index in [0.717, 1.165) is 43.1 Å². The normalized spacial score (nSPS) is 33.9. The Labute approximate surface area is 169 Å². The van der Waals surface area contributed by atoms with Crippen molar-refractivity contribution in [2.45, 2.75) is 57.4 Å². The highest BCUT2D eigenvalue weighted by molar-refractivity contribution is 7.17.